The minimum atomic E-state index is 0.333. The lowest BCUT2D eigenvalue weighted by molar-refractivity contribution is 0.168. The van der Waals surface area contributed by atoms with Crippen molar-refractivity contribution in [3.05, 3.63) is 23.7 Å². The number of hydrogen-bond acceptors (Lipinski definition) is 2. The van der Waals surface area contributed by atoms with Crippen LogP contribution in [-0.2, 0) is 4.74 Å². The van der Waals surface area contributed by atoms with Crippen molar-refractivity contribution in [2.75, 3.05) is 6.61 Å². The van der Waals surface area contributed by atoms with Gasteiger partial charge in [-0.05, 0) is 18.4 Å². The SMILES string of the molecule is CC(C)COC1=CC(O)=CCC1. The summed E-state index contributed by atoms with van der Waals surface area (Å²) >= 11 is 0. The van der Waals surface area contributed by atoms with E-state index in [2.05, 4.69) is 13.8 Å². The van der Waals surface area contributed by atoms with Crippen molar-refractivity contribution >= 4 is 0 Å². The predicted octanol–water partition coefficient (Wildman–Crippen LogP) is 2.78. The minimum Gasteiger partial charge on any atom is -0.508 e. The Kier molecular flexibility index (Phi) is 3.20. The molecule has 12 heavy (non-hydrogen) atoms. The summed E-state index contributed by atoms with van der Waals surface area (Å²) in [6.07, 6.45) is 5.31. The van der Waals surface area contributed by atoms with E-state index >= 15 is 0 Å². The molecular weight excluding hydrogens is 152 g/mol. The number of allylic oxidation sites excluding steroid dienone is 3. The van der Waals surface area contributed by atoms with Crippen LogP contribution in [0.4, 0.5) is 0 Å². The highest BCUT2D eigenvalue weighted by molar-refractivity contribution is 5.18. The summed E-state index contributed by atoms with van der Waals surface area (Å²) in [6.45, 7) is 4.96. The van der Waals surface area contributed by atoms with Gasteiger partial charge in [0.15, 0.2) is 0 Å². The summed E-state index contributed by atoms with van der Waals surface area (Å²) in [5.74, 6) is 1.78. The van der Waals surface area contributed by atoms with Gasteiger partial charge in [-0.25, -0.2) is 0 Å². The molecule has 0 aliphatic heterocycles. The molecule has 0 radical (unpaired) electrons. The zero-order valence-electron chi connectivity index (χ0n) is 7.71. The molecule has 0 saturated heterocycles. The standard InChI is InChI=1S/C10H16O2/c1-8(2)7-12-10-5-3-4-9(11)6-10/h4,6,8,11H,3,5,7H2,1-2H3. The summed E-state index contributed by atoms with van der Waals surface area (Å²) < 4.78 is 5.48. The smallest absolute Gasteiger partial charge is 0.114 e. The lowest BCUT2D eigenvalue weighted by atomic mass is 10.1. The molecule has 0 aromatic carbocycles. The molecule has 0 bridgehead atoms. The fraction of sp³-hybridized carbons (Fsp3) is 0.600. The van der Waals surface area contributed by atoms with E-state index in [0.717, 1.165) is 25.2 Å². The number of aliphatic hydroxyl groups excluding tert-OH is 1. The molecule has 0 fully saturated rings. The fourth-order valence-electron chi connectivity index (χ4n) is 1.05. The highest BCUT2D eigenvalue weighted by Crippen LogP contribution is 2.17. The molecule has 0 aromatic heterocycles. The Morgan fingerprint density at radius 2 is 2.33 bits per heavy atom. The molecule has 0 heterocycles. The molecule has 0 saturated carbocycles. The van der Waals surface area contributed by atoms with Gasteiger partial charge < -0.3 is 9.84 Å². The normalized spacial score (nSPS) is 17.2. The summed E-state index contributed by atoms with van der Waals surface area (Å²) in [7, 11) is 0. The molecule has 0 spiro atoms. The second kappa shape index (κ2) is 4.19. The van der Waals surface area contributed by atoms with Gasteiger partial charge in [-0.3, -0.25) is 0 Å². The second-order valence-electron chi connectivity index (χ2n) is 3.48. The second-order valence-corrected chi connectivity index (χ2v) is 3.48. The number of ether oxygens (including phenoxy) is 1. The zero-order chi connectivity index (χ0) is 8.97. The summed E-state index contributed by atoms with van der Waals surface area (Å²) in [5.41, 5.74) is 0. The third kappa shape index (κ3) is 2.99. The van der Waals surface area contributed by atoms with Crippen LogP contribution in [0.3, 0.4) is 0 Å². The van der Waals surface area contributed by atoms with E-state index in [4.69, 9.17) is 9.84 Å². The van der Waals surface area contributed by atoms with Crippen molar-refractivity contribution in [3.8, 4) is 0 Å². The van der Waals surface area contributed by atoms with Crippen LogP contribution in [0.15, 0.2) is 23.7 Å². The Morgan fingerprint density at radius 3 is 2.92 bits per heavy atom. The fourth-order valence-corrected chi connectivity index (χ4v) is 1.05. The number of aliphatic hydroxyl groups is 1. The van der Waals surface area contributed by atoms with Gasteiger partial charge in [-0.15, -0.1) is 0 Å². The van der Waals surface area contributed by atoms with Gasteiger partial charge in [-0.1, -0.05) is 13.8 Å². The van der Waals surface area contributed by atoms with E-state index in [1.165, 1.54) is 0 Å². The third-order valence-electron chi connectivity index (χ3n) is 1.66. The lowest BCUT2D eigenvalue weighted by Gasteiger charge is -2.14. The summed E-state index contributed by atoms with van der Waals surface area (Å²) in [5, 5.41) is 9.15. The average molecular weight is 168 g/mol. The van der Waals surface area contributed by atoms with Crippen molar-refractivity contribution in [3.63, 3.8) is 0 Å². The zero-order valence-corrected chi connectivity index (χ0v) is 7.71. The summed E-state index contributed by atoms with van der Waals surface area (Å²) in [6, 6.07) is 0. The van der Waals surface area contributed by atoms with Crippen molar-refractivity contribution in [1.29, 1.82) is 0 Å². The van der Waals surface area contributed by atoms with Crippen molar-refractivity contribution < 1.29 is 9.84 Å². The van der Waals surface area contributed by atoms with Crippen LogP contribution in [-0.4, -0.2) is 11.7 Å². The van der Waals surface area contributed by atoms with Crippen LogP contribution in [0.25, 0.3) is 0 Å². The van der Waals surface area contributed by atoms with Crippen molar-refractivity contribution in [1.82, 2.24) is 0 Å². The van der Waals surface area contributed by atoms with Gasteiger partial charge in [0.05, 0.1) is 12.4 Å². The number of rotatable bonds is 3. The molecule has 0 amide bonds. The monoisotopic (exact) mass is 168 g/mol. The van der Waals surface area contributed by atoms with Crippen molar-refractivity contribution in [2.24, 2.45) is 5.92 Å². The topological polar surface area (TPSA) is 29.5 Å². The highest BCUT2D eigenvalue weighted by atomic mass is 16.5. The van der Waals surface area contributed by atoms with E-state index in [0.29, 0.717) is 11.7 Å². The van der Waals surface area contributed by atoms with E-state index in [-0.39, 0.29) is 0 Å². The van der Waals surface area contributed by atoms with E-state index in [1.54, 1.807) is 6.08 Å². The van der Waals surface area contributed by atoms with Gasteiger partial charge in [0.1, 0.15) is 5.76 Å². The maximum absolute atomic E-state index is 9.15. The molecule has 2 nitrogen and oxygen atoms in total. The molecule has 1 aliphatic carbocycles. The Bertz CT molecular complexity index is 202. The molecule has 2 heteroatoms. The largest absolute Gasteiger partial charge is 0.508 e. The van der Waals surface area contributed by atoms with E-state index in [9.17, 15) is 0 Å². The average Bonchev–Trinajstić information content (AvgIpc) is 2.01. The van der Waals surface area contributed by atoms with Crippen LogP contribution in [0, 0.1) is 5.92 Å². The van der Waals surface area contributed by atoms with Crippen LogP contribution in [0.5, 0.6) is 0 Å². The maximum Gasteiger partial charge on any atom is 0.114 e. The van der Waals surface area contributed by atoms with Crippen LogP contribution >= 0.6 is 0 Å². The lowest BCUT2D eigenvalue weighted by Crippen LogP contribution is -2.03. The molecule has 0 unspecified atom stereocenters. The van der Waals surface area contributed by atoms with Crippen LogP contribution in [0.2, 0.25) is 0 Å². The summed E-state index contributed by atoms with van der Waals surface area (Å²) in [4.78, 5) is 0. The highest BCUT2D eigenvalue weighted by Gasteiger charge is 2.05. The van der Waals surface area contributed by atoms with Gasteiger partial charge in [0, 0.05) is 12.5 Å². The Hall–Kier alpha value is -0.920. The van der Waals surface area contributed by atoms with Gasteiger partial charge in [-0.2, -0.15) is 0 Å². The van der Waals surface area contributed by atoms with Crippen LogP contribution < -0.4 is 0 Å². The first kappa shape index (κ1) is 9.17. The molecular formula is C10H16O2. The minimum absolute atomic E-state index is 0.333. The molecule has 68 valence electrons. The molecule has 1 rings (SSSR count). The molecule has 0 aromatic rings. The van der Waals surface area contributed by atoms with E-state index < -0.39 is 0 Å². The molecule has 1 N–H and O–H groups in total. The number of hydrogen-bond donors (Lipinski definition) is 1. The van der Waals surface area contributed by atoms with E-state index in [1.807, 2.05) is 6.08 Å². The Balaban J connectivity index is 2.37. The Morgan fingerprint density at radius 1 is 1.58 bits per heavy atom. The first-order chi connectivity index (χ1) is 5.68. The van der Waals surface area contributed by atoms with Crippen LogP contribution in [0.1, 0.15) is 26.7 Å². The van der Waals surface area contributed by atoms with Gasteiger partial charge >= 0.3 is 0 Å². The first-order valence-electron chi connectivity index (χ1n) is 4.41. The quantitative estimate of drug-likeness (QED) is 0.702. The third-order valence-corrected chi connectivity index (χ3v) is 1.66. The van der Waals surface area contributed by atoms with Crippen molar-refractivity contribution in [2.45, 2.75) is 26.7 Å². The van der Waals surface area contributed by atoms with Gasteiger partial charge in [0.2, 0.25) is 0 Å². The first-order valence-corrected chi connectivity index (χ1v) is 4.41. The predicted molar refractivity (Wildman–Crippen MR) is 48.8 cm³/mol. The molecule has 1 aliphatic rings. The molecule has 0 atom stereocenters. The Labute approximate surface area is 73.5 Å². The maximum atomic E-state index is 9.15. The van der Waals surface area contributed by atoms with Gasteiger partial charge in [0.25, 0.3) is 0 Å².